The fourth-order valence-corrected chi connectivity index (χ4v) is 5.53. The Morgan fingerprint density at radius 2 is 1.57 bits per heavy atom. The van der Waals surface area contributed by atoms with Crippen molar-refractivity contribution in [3.8, 4) is 5.75 Å². The van der Waals surface area contributed by atoms with Gasteiger partial charge in [-0.3, -0.25) is 4.57 Å². The van der Waals surface area contributed by atoms with E-state index in [4.69, 9.17) is 58.9 Å². The van der Waals surface area contributed by atoms with Gasteiger partial charge in [-0.15, -0.1) is 0 Å². The zero-order valence-corrected chi connectivity index (χ0v) is 26.8. The number of hydrogen-bond acceptors (Lipinski definition) is 14. The highest BCUT2D eigenvalue weighted by molar-refractivity contribution is 6.40. The van der Waals surface area contributed by atoms with E-state index in [2.05, 4.69) is 4.98 Å². The fourth-order valence-electron chi connectivity index (χ4n) is 4.60. The molecule has 260 valence electrons. The zero-order valence-electron chi connectivity index (χ0n) is 24.5. The summed E-state index contributed by atoms with van der Waals surface area (Å²) in [5.41, 5.74) is 0. The van der Waals surface area contributed by atoms with Crippen molar-refractivity contribution >= 4 is 40.8 Å². The summed E-state index contributed by atoms with van der Waals surface area (Å²) in [7, 11) is 0. The predicted octanol–water partition coefficient (Wildman–Crippen LogP) is -0.795. The number of nitrogens with zero attached hydrogens (tertiary/aromatic N) is 3. The Labute approximate surface area is 278 Å². The van der Waals surface area contributed by atoms with Crippen LogP contribution in [0.15, 0.2) is 30.9 Å². The van der Waals surface area contributed by atoms with Crippen molar-refractivity contribution in [2.24, 2.45) is 0 Å². The van der Waals surface area contributed by atoms with Gasteiger partial charge in [0, 0.05) is 24.0 Å². The summed E-state index contributed by atoms with van der Waals surface area (Å²) in [6, 6.07) is 2.97. The molecule has 4 rings (SSSR count). The van der Waals surface area contributed by atoms with Gasteiger partial charge in [0.25, 0.3) is 0 Å². The molecule has 0 saturated carbocycles. The second kappa shape index (κ2) is 18.0. The van der Waals surface area contributed by atoms with Gasteiger partial charge in [0.05, 0.1) is 29.8 Å². The maximum atomic E-state index is 12.3. The lowest BCUT2D eigenvalue weighted by molar-refractivity contribution is -0.355. The molecule has 19 heteroatoms. The Morgan fingerprint density at radius 3 is 2.13 bits per heavy atom. The van der Waals surface area contributed by atoms with E-state index in [1.807, 2.05) is 6.92 Å². The highest BCUT2D eigenvalue weighted by Gasteiger charge is 2.50. The van der Waals surface area contributed by atoms with Crippen LogP contribution in [0, 0.1) is 0 Å². The van der Waals surface area contributed by atoms with E-state index in [-0.39, 0.29) is 12.6 Å². The average Bonchev–Trinajstić information content (AvgIpc) is 3.57. The van der Waals surface area contributed by atoms with Crippen LogP contribution in [-0.4, -0.2) is 156 Å². The minimum Gasteiger partial charge on any atom is -0.489 e. The molecule has 16 nitrogen and oxygen atoms in total. The van der Waals surface area contributed by atoms with E-state index >= 15 is 0 Å². The van der Waals surface area contributed by atoms with Crippen molar-refractivity contribution in [2.75, 3.05) is 32.9 Å². The molecule has 2 fully saturated rings. The average molecular weight is 719 g/mol. The van der Waals surface area contributed by atoms with Gasteiger partial charge >= 0.3 is 6.03 Å². The minimum absolute atomic E-state index is 0.152. The molecule has 1 amide bonds. The van der Waals surface area contributed by atoms with Crippen LogP contribution < -0.4 is 4.74 Å². The summed E-state index contributed by atoms with van der Waals surface area (Å²) >= 11 is 18.0. The first-order valence-electron chi connectivity index (χ1n) is 14.2. The molecule has 0 radical (unpaired) electrons. The third kappa shape index (κ3) is 9.61. The summed E-state index contributed by atoms with van der Waals surface area (Å²) < 4.78 is 22.3. The van der Waals surface area contributed by atoms with Crippen LogP contribution in [0.2, 0.25) is 15.1 Å². The molecule has 8 N–H and O–H groups in total. The number of imidazole rings is 1. The number of halogens is 3. The molecule has 1 aromatic carbocycles. The monoisotopic (exact) mass is 717 g/mol. The van der Waals surface area contributed by atoms with Gasteiger partial charge in [0.15, 0.2) is 18.3 Å². The van der Waals surface area contributed by atoms with Crippen LogP contribution in [0.4, 0.5) is 4.79 Å². The smallest absolute Gasteiger partial charge is 0.329 e. The molecule has 10 atom stereocenters. The van der Waals surface area contributed by atoms with Gasteiger partial charge in [-0.2, -0.15) is 0 Å². The molecule has 2 aliphatic rings. The van der Waals surface area contributed by atoms with Gasteiger partial charge in [-0.25, -0.2) is 9.78 Å². The molecule has 0 spiro atoms. The van der Waals surface area contributed by atoms with E-state index in [0.29, 0.717) is 33.9 Å². The molecule has 2 saturated heterocycles. The Kier molecular flexibility index (Phi) is 15.1. The second-order valence-corrected chi connectivity index (χ2v) is 11.6. The largest absolute Gasteiger partial charge is 0.489 e. The third-order valence-corrected chi connectivity index (χ3v) is 7.82. The highest BCUT2D eigenvalue weighted by Crippen LogP contribution is 2.35. The van der Waals surface area contributed by atoms with Crippen LogP contribution in [0.5, 0.6) is 5.75 Å². The molecular weight excluding hydrogens is 681 g/mol. The van der Waals surface area contributed by atoms with Gasteiger partial charge in [0.1, 0.15) is 61.8 Å². The lowest BCUT2D eigenvalue weighted by atomic mass is 9.97. The van der Waals surface area contributed by atoms with Crippen molar-refractivity contribution < 1.29 is 64.6 Å². The molecule has 46 heavy (non-hydrogen) atoms. The van der Waals surface area contributed by atoms with Crippen LogP contribution in [0.1, 0.15) is 13.3 Å². The summed E-state index contributed by atoms with van der Waals surface area (Å²) in [4.78, 5) is 17.9. The maximum Gasteiger partial charge on any atom is 0.329 e. The lowest BCUT2D eigenvalue weighted by Gasteiger charge is -2.45. The fraction of sp³-hybridized carbons (Fsp3) is 0.630. The van der Waals surface area contributed by atoms with Gasteiger partial charge in [0.2, 0.25) is 0 Å². The van der Waals surface area contributed by atoms with Crippen molar-refractivity contribution in [1.29, 1.82) is 0 Å². The van der Waals surface area contributed by atoms with Crippen molar-refractivity contribution in [2.45, 2.75) is 74.8 Å². The van der Waals surface area contributed by atoms with E-state index < -0.39 is 74.6 Å². The third-order valence-electron chi connectivity index (χ3n) is 7.04. The lowest BCUT2D eigenvalue weighted by Crippen LogP contribution is -2.64. The molecule has 2 aromatic rings. The Bertz CT molecular complexity index is 1210. The Balaban J connectivity index is 0.000000250. The Morgan fingerprint density at radius 1 is 0.913 bits per heavy atom. The summed E-state index contributed by atoms with van der Waals surface area (Å²) in [6.45, 7) is 1.94. The van der Waals surface area contributed by atoms with E-state index in [1.54, 1.807) is 29.4 Å². The van der Waals surface area contributed by atoms with Crippen molar-refractivity contribution in [3.05, 3.63) is 45.9 Å². The summed E-state index contributed by atoms with van der Waals surface area (Å²) in [5, 5.41) is 77.6. The zero-order chi connectivity index (χ0) is 34.1. The summed E-state index contributed by atoms with van der Waals surface area (Å²) in [5.74, 6) is 0.365. The number of carbonyl (C=O) groups excluding carboxylic acids is 1. The van der Waals surface area contributed by atoms with E-state index in [0.717, 1.165) is 6.42 Å². The van der Waals surface area contributed by atoms with Gasteiger partial charge in [-0.1, -0.05) is 41.7 Å². The first-order valence-corrected chi connectivity index (χ1v) is 15.3. The number of benzene rings is 1. The molecule has 2 aliphatic heterocycles. The van der Waals surface area contributed by atoms with Crippen molar-refractivity contribution in [3.63, 3.8) is 0 Å². The number of aliphatic hydroxyl groups is 8. The Hall–Kier alpha value is -1.87. The molecular formula is C27H38Cl3N3O13. The molecule has 0 bridgehead atoms. The number of ether oxygens (including phenoxy) is 4. The molecule has 3 heterocycles. The second-order valence-electron chi connectivity index (χ2n) is 10.3. The van der Waals surface area contributed by atoms with Gasteiger partial charge in [-0.05, 0) is 18.6 Å². The minimum atomic E-state index is -1.74. The number of rotatable bonds is 10. The van der Waals surface area contributed by atoms with Crippen LogP contribution in [0.25, 0.3) is 0 Å². The topological polar surface area (TPSA) is 237 Å². The quantitative estimate of drug-likeness (QED) is 0.150. The number of carbonyl (C=O) groups is 1. The van der Waals surface area contributed by atoms with E-state index in [9.17, 15) is 40.5 Å². The number of aromatic nitrogens is 2. The van der Waals surface area contributed by atoms with Gasteiger partial charge < -0.3 is 64.7 Å². The number of aliphatic hydroxyl groups excluding tert-OH is 8. The number of amides is 1. The highest BCUT2D eigenvalue weighted by atomic mass is 35.5. The molecule has 0 unspecified atom stereocenters. The first kappa shape index (κ1) is 38.6. The van der Waals surface area contributed by atoms with Crippen LogP contribution in [-0.2, 0) is 14.2 Å². The number of hydrogen-bond donors (Lipinski definition) is 8. The summed E-state index contributed by atoms with van der Waals surface area (Å²) in [6.07, 6.45) is -10.1. The van der Waals surface area contributed by atoms with Crippen molar-refractivity contribution in [1.82, 2.24) is 14.5 Å². The molecule has 0 aliphatic carbocycles. The molecule has 1 aromatic heterocycles. The SMILES string of the molecule is CCCN(CCOc1c(Cl)cc(Cl)cc1Cl)C(=O)n1ccnc1.OC[C@H]1O[C@@H](O[C@H]2[C@H](O)[C@@H](O)[C@H](O)O[C@@H]2CO)[C@H](O)[C@@H](O)[C@H]1O. The predicted molar refractivity (Wildman–Crippen MR) is 160 cm³/mol. The standard InChI is InChI=1S/C15H16Cl3N3O2.C12H22O11/c1-2-4-20(15(22)21-5-3-19-10-21)6-7-23-14-12(17)8-11(16)9-13(14)18;13-1-3-5(15)6(16)9(19)12(22-3)23-10-4(2-14)21-11(20)8(18)7(10)17/h3,5,8-10H,2,4,6-7H2,1H3;3-20H,1-2H2/t;3-,4-,5+,6+,7-,8-,9-,10-,11-,12+/m.1/s1. The van der Waals surface area contributed by atoms with Crippen LogP contribution in [0.3, 0.4) is 0 Å². The first-order chi connectivity index (χ1) is 21.8. The van der Waals surface area contributed by atoms with Crippen LogP contribution >= 0.6 is 34.8 Å². The maximum absolute atomic E-state index is 12.3. The van der Waals surface area contributed by atoms with E-state index in [1.165, 1.54) is 10.9 Å². The normalized spacial score (nSPS) is 31.1.